The topological polar surface area (TPSA) is 93.5 Å². The first-order valence-electron chi connectivity index (χ1n) is 5.92. The Morgan fingerprint density at radius 1 is 1.37 bits per heavy atom. The van der Waals surface area contributed by atoms with Gasteiger partial charge >= 0.3 is 5.69 Å². The van der Waals surface area contributed by atoms with Crippen LogP contribution in [0.4, 0.5) is 5.69 Å². The van der Waals surface area contributed by atoms with Crippen LogP contribution < -0.4 is 15.4 Å². The minimum Gasteiger partial charge on any atom is -0.486 e. The van der Waals surface area contributed by atoms with Crippen LogP contribution in [0.1, 0.15) is 6.42 Å². The molecule has 104 valence electrons. The number of ether oxygens (including phenoxy) is 1. The maximum absolute atomic E-state index is 11.4. The van der Waals surface area contributed by atoms with Crippen LogP contribution >= 0.6 is 0 Å². The second-order valence-electron chi connectivity index (χ2n) is 3.78. The molecular formula is C12H17N3O4. The van der Waals surface area contributed by atoms with E-state index < -0.39 is 4.92 Å². The van der Waals surface area contributed by atoms with Crippen molar-refractivity contribution >= 4 is 11.6 Å². The van der Waals surface area contributed by atoms with Crippen LogP contribution in [-0.4, -0.2) is 37.6 Å². The molecule has 0 atom stereocenters. The Morgan fingerprint density at radius 3 is 2.79 bits per heavy atom. The molecule has 0 saturated heterocycles. The summed E-state index contributed by atoms with van der Waals surface area (Å²) in [6, 6.07) is 6.09. The summed E-state index contributed by atoms with van der Waals surface area (Å²) in [6.07, 6.45) is 0.162. The number of rotatable bonds is 8. The molecule has 7 nitrogen and oxygen atoms in total. The summed E-state index contributed by atoms with van der Waals surface area (Å²) < 4.78 is 5.26. The Kier molecular flexibility index (Phi) is 6.31. The summed E-state index contributed by atoms with van der Waals surface area (Å²) in [6.45, 7) is 1.34. The molecule has 0 radical (unpaired) electrons. The van der Waals surface area contributed by atoms with Gasteiger partial charge in [0.1, 0.15) is 0 Å². The Balaban J connectivity index is 2.37. The number of hydrogen-bond donors (Lipinski definition) is 2. The summed E-state index contributed by atoms with van der Waals surface area (Å²) in [5, 5.41) is 16.3. The first-order valence-corrected chi connectivity index (χ1v) is 5.92. The van der Waals surface area contributed by atoms with Gasteiger partial charge in [-0.05, 0) is 13.1 Å². The molecule has 1 aromatic rings. The normalized spacial score (nSPS) is 9.95. The largest absolute Gasteiger partial charge is 0.486 e. The summed E-state index contributed by atoms with van der Waals surface area (Å²) in [4.78, 5) is 21.6. The van der Waals surface area contributed by atoms with Crippen LogP contribution in [-0.2, 0) is 4.79 Å². The van der Waals surface area contributed by atoms with Crippen LogP contribution in [0.2, 0.25) is 0 Å². The van der Waals surface area contributed by atoms with Crippen molar-refractivity contribution in [2.75, 3.05) is 26.7 Å². The van der Waals surface area contributed by atoms with Crippen molar-refractivity contribution in [3.63, 3.8) is 0 Å². The van der Waals surface area contributed by atoms with Gasteiger partial charge in [0.25, 0.3) is 0 Å². The summed E-state index contributed by atoms with van der Waals surface area (Å²) in [5.74, 6) is 0.0318. The van der Waals surface area contributed by atoms with E-state index in [4.69, 9.17) is 4.74 Å². The lowest BCUT2D eigenvalue weighted by Gasteiger charge is -2.07. The van der Waals surface area contributed by atoms with Gasteiger partial charge in [0.05, 0.1) is 18.0 Å². The lowest BCUT2D eigenvalue weighted by molar-refractivity contribution is -0.385. The van der Waals surface area contributed by atoms with Gasteiger partial charge in [-0.25, -0.2) is 0 Å². The first-order chi connectivity index (χ1) is 9.15. The number of hydrogen-bond acceptors (Lipinski definition) is 5. The van der Waals surface area contributed by atoms with Crippen molar-refractivity contribution < 1.29 is 14.5 Å². The molecular weight excluding hydrogens is 250 g/mol. The van der Waals surface area contributed by atoms with E-state index in [2.05, 4.69) is 10.6 Å². The zero-order chi connectivity index (χ0) is 14.1. The Morgan fingerprint density at radius 2 is 2.11 bits per heavy atom. The Hall–Kier alpha value is -2.15. The van der Waals surface area contributed by atoms with E-state index in [9.17, 15) is 14.9 Å². The number of carbonyl (C=O) groups is 1. The highest BCUT2D eigenvalue weighted by Gasteiger charge is 2.13. The van der Waals surface area contributed by atoms with Gasteiger partial charge in [0.15, 0.2) is 5.75 Å². The van der Waals surface area contributed by atoms with E-state index in [1.54, 1.807) is 19.2 Å². The number of nitrogens with one attached hydrogen (secondary N) is 2. The standard InChI is InChI=1S/C12H17N3O4/c1-13-7-8-14-12(16)6-9-19-11-5-3-2-4-10(11)15(17)18/h2-5,13H,6-9H2,1H3,(H,14,16). The highest BCUT2D eigenvalue weighted by Crippen LogP contribution is 2.25. The molecule has 1 aromatic carbocycles. The quantitative estimate of drug-likeness (QED) is 0.411. The zero-order valence-electron chi connectivity index (χ0n) is 10.7. The molecule has 0 spiro atoms. The maximum atomic E-state index is 11.4. The molecule has 1 rings (SSSR count). The van der Waals surface area contributed by atoms with Crippen molar-refractivity contribution in [2.45, 2.75) is 6.42 Å². The molecule has 0 fully saturated rings. The van der Waals surface area contributed by atoms with E-state index in [1.807, 2.05) is 0 Å². The molecule has 2 N–H and O–H groups in total. The lowest BCUT2D eigenvalue weighted by Crippen LogP contribution is -2.31. The highest BCUT2D eigenvalue weighted by atomic mass is 16.6. The lowest BCUT2D eigenvalue weighted by atomic mass is 10.3. The van der Waals surface area contributed by atoms with E-state index >= 15 is 0 Å². The molecule has 0 unspecified atom stereocenters. The number of nitro benzene ring substituents is 1. The van der Waals surface area contributed by atoms with Crippen molar-refractivity contribution in [1.29, 1.82) is 0 Å². The molecule has 0 aliphatic rings. The molecule has 0 heterocycles. The van der Waals surface area contributed by atoms with E-state index in [-0.39, 0.29) is 30.4 Å². The minimum absolute atomic E-state index is 0.0990. The van der Waals surface area contributed by atoms with Gasteiger partial charge in [0.2, 0.25) is 5.91 Å². The smallest absolute Gasteiger partial charge is 0.310 e. The number of likely N-dealkylation sites (N-methyl/N-ethyl adjacent to an activating group) is 1. The van der Waals surface area contributed by atoms with Crippen LogP contribution in [0.15, 0.2) is 24.3 Å². The summed E-state index contributed by atoms with van der Waals surface area (Å²) in [5.41, 5.74) is -0.0990. The zero-order valence-corrected chi connectivity index (χ0v) is 10.7. The highest BCUT2D eigenvalue weighted by molar-refractivity contribution is 5.75. The summed E-state index contributed by atoms with van der Waals surface area (Å²) >= 11 is 0. The van der Waals surface area contributed by atoms with Crippen molar-refractivity contribution in [3.05, 3.63) is 34.4 Å². The number of para-hydroxylation sites is 2. The fraction of sp³-hybridized carbons (Fsp3) is 0.417. The maximum Gasteiger partial charge on any atom is 0.310 e. The molecule has 0 aromatic heterocycles. The van der Waals surface area contributed by atoms with Crippen molar-refractivity contribution in [3.8, 4) is 5.75 Å². The molecule has 0 aliphatic carbocycles. The molecule has 0 bridgehead atoms. The van der Waals surface area contributed by atoms with E-state index in [0.717, 1.165) is 0 Å². The summed E-state index contributed by atoms with van der Waals surface area (Å²) in [7, 11) is 1.80. The van der Waals surface area contributed by atoms with Gasteiger partial charge < -0.3 is 15.4 Å². The van der Waals surface area contributed by atoms with Crippen LogP contribution in [0.25, 0.3) is 0 Å². The van der Waals surface area contributed by atoms with Crippen molar-refractivity contribution in [1.82, 2.24) is 10.6 Å². The van der Waals surface area contributed by atoms with Crippen molar-refractivity contribution in [2.24, 2.45) is 0 Å². The predicted octanol–water partition coefficient (Wildman–Crippen LogP) is 0.699. The second kappa shape index (κ2) is 8.04. The molecule has 7 heteroatoms. The van der Waals surface area contributed by atoms with Crippen LogP contribution in [0.3, 0.4) is 0 Å². The minimum atomic E-state index is -0.512. The van der Waals surface area contributed by atoms with Gasteiger partial charge in [-0.15, -0.1) is 0 Å². The Bertz CT molecular complexity index is 437. The predicted molar refractivity (Wildman–Crippen MR) is 70.1 cm³/mol. The first kappa shape index (κ1) is 14.9. The van der Waals surface area contributed by atoms with Gasteiger partial charge in [0, 0.05) is 19.2 Å². The van der Waals surface area contributed by atoms with Gasteiger partial charge in [-0.2, -0.15) is 0 Å². The average molecular weight is 267 g/mol. The Labute approximate surface area is 111 Å². The third-order valence-corrected chi connectivity index (χ3v) is 2.35. The SMILES string of the molecule is CNCCNC(=O)CCOc1ccccc1[N+](=O)[O-]. The second-order valence-corrected chi connectivity index (χ2v) is 3.78. The monoisotopic (exact) mass is 267 g/mol. The fourth-order valence-corrected chi connectivity index (χ4v) is 1.40. The molecule has 0 saturated carbocycles. The van der Waals surface area contributed by atoms with Crippen LogP contribution in [0, 0.1) is 10.1 Å². The van der Waals surface area contributed by atoms with Gasteiger partial charge in [-0.3, -0.25) is 14.9 Å². The third-order valence-electron chi connectivity index (χ3n) is 2.35. The number of nitro groups is 1. The molecule has 0 aliphatic heterocycles. The van der Waals surface area contributed by atoms with E-state index in [0.29, 0.717) is 13.1 Å². The third kappa shape index (κ3) is 5.35. The average Bonchev–Trinajstić information content (AvgIpc) is 2.39. The number of amides is 1. The van der Waals surface area contributed by atoms with E-state index in [1.165, 1.54) is 12.1 Å². The molecule has 19 heavy (non-hydrogen) atoms. The van der Waals surface area contributed by atoms with Gasteiger partial charge in [-0.1, -0.05) is 12.1 Å². The van der Waals surface area contributed by atoms with Crippen LogP contribution in [0.5, 0.6) is 5.75 Å². The number of nitrogens with zero attached hydrogens (tertiary/aromatic N) is 1. The number of carbonyl (C=O) groups excluding carboxylic acids is 1. The molecule has 1 amide bonds. The number of benzene rings is 1. The fourth-order valence-electron chi connectivity index (χ4n) is 1.40.